The summed E-state index contributed by atoms with van der Waals surface area (Å²) in [5.41, 5.74) is 2.66. The lowest BCUT2D eigenvalue weighted by atomic mass is 10.0. The van der Waals surface area contributed by atoms with Gasteiger partial charge in [0.15, 0.2) is 5.78 Å². The lowest BCUT2D eigenvalue weighted by Gasteiger charge is -2.07. The molecule has 0 aliphatic rings. The second kappa shape index (κ2) is 6.98. The third-order valence-electron chi connectivity index (χ3n) is 3.35. The van der Waals surface area contributed by atoms with Crippen LogP contribution in [0.5, 0.6) is 0 Å². The van der Waals surface area contributed by atoms with Gasteiger partial charge in [0, 0.05) is 18.4 Å². The first-order chi connectivity index (χ1) is 10.5. The molecule has 0 saturated carbocycles. The Kier molecular flexibility index (Phi) is 5.04. The van der Waals surface area contributed by atoms with E-state index >= 15 is 0 Å². The molecule has 0 spiro atoms. The van der Waals surface area contributed by atoms with Crippen molar-refractivity contribution in [1.82, 2.24) is 0 Å². The topological polar surface area (TPSA) is 46.2 Å². The Bertz CT molecular complexity index is 693. The molecule has 0 unspecified atom stereocenters. The molecule has 2 rings (SSSR count). The van der Waals surface area contributed by atoms with E-state index in [2.05, 4.69) is 5.32 Å². The highest BCUT2D eigenvalue weighted by Crippen LogP contribution is 2.16. The molecule has 2 aromatic carbocycles. The summed E-state index contributed by atoms with van der Waals surface area (Å²) in [6.45, 7) is 3.76. The fourth-order valence-electron chi connectivity index (χ4n) is 2.06. The van der Waals surface area contributed by atoms with Crippen molar-refractivity contribution in [3.63, 3.8) is 0 Å². The number of aryl methyl sites for hydroxylation is 2. The minimum absolute atomic E-state index is 0.0279. The highest BCUT2D eigenvalue weighted by Gasteiger charge is 2.11. The number of rotatable bonds is 5. The predicted molar refractivity (Wildman–Crippen MR) is 84.5 cm³/mol. The SMILES string of the molecule is Cc1ccc(C(=O)CCC(=O)Nc2cc(C)ccc2F)cc1. The minimum atomic E-state index is -0.483. The molecule has 0 radical (unpaired) electrons. The highest BCUT2D eigenvalue weighted by molar-refractivity contribution is 6.00. The van der Waals surface area contributed by atoms with Crippen molar-refractivity contribution in [2.24, 2.45) is 0 Å². The summed E-state index contributed by atoms with van der Waals surface area (Å²) in [5.74, 6) is -0.950. The van der Waals surface area contributed by atoms with E-state index in [1.807, 2.05) is 26.0 Å². The molecule has 0 atom stereocenters. The first-order valence-corrected chi connectivity index (χ1v) is 7.11. The first-order valence-electron chi connectivity index (χ1n) is 7.11. The van der Waals surface area contributed by atoms with E-state index in [4.69, 9.17) is 0 Å². The summed E-state index contributed by atoms with van der Waals surface area (Å²) in [6.07, 6.45) is 0.127. The Morgan fingerprint density at radius 1 is 0.955 bits per heavy atom. The molecule has 0 aliphatic heterocycles. The second-order valence-corrected chi connectivity index (χ2v) is 5.32. The summed E-state index contributed by atoms with van der Waals surface area (Å²) in [4.78, 5) is 23.8. The average Bonchev–Trinajstić information content (AvgIpc) is 2.49. The van der Waals surface area contributed by atoms with Crippen LogP contribution in [0.2, 0.25) is 0 Å². The molecular weight excluding hydrogens is 281 g/mol. The third kappa shape index (κ3) is 4.25. The van der Waals surface area contributed by atoms with Crippen LogP contribution in [-0.2, 0) is 4.79 Å². The third-order valence-corrected chi connectivity index (χ3v) is 3.35. The maximum absolute atomic E-state index is 13.5. The molecule has 0 bridgehead atoms. The molecule has 1 amide bonds. The van der Waals surface area contributed by atoms with Gasteiger partial charge in [-0.3, -0.25) is 9.59 Å². The number of halogens is 1. The molecule has 22 heavy (non-hydrogen) atoms. The number of amides is 1. The Morgan fingerprint density at radius 2 is 1.59 bits per heavy atom. The minimum Gasteiger partial charge on any atom is -0.324 e. The molecule has 4 heteroatoms. The summed E-state index contributed by atoms with van der Waals surface area (Å²) in [5, 5.41) is 2.50. The summed E-state index contributed by atoms with van der Waals surface area (Å²) in [6, 6.07) is 11.7. The number of carbonyl (C=O) groups excluding carboxylic acids is 2. The first kappa shape index (κ1) is 15.9. The number of ketones is 1. The molecule has 0 aliphatic carbocycles. The van der Waals surface area contributed by atoms with Crippen LogP contribution in [0, 0.1) is 19.7 Å². The maximum atomic E-state index is 13.5. The highest BCUT2D eigenvalue weighted by atomic mass is 19.1. The Labute approximate surface area is 129 Å². The molecule has 114 valence electrons. The molecular formula is C18H18FNO2. The van der Waals surface area contributed by atoms with Gasteiger partial charge >= 0.3 is 0 Å². The molecule has 0 heterocycles. The van der Waals surface area contributed by atoms with Gasteiger partial charge in [-0.15, -0.1) is 0 Å². The van der Waals surface area contributed by atoms with Gasteiger partial charge in [-0.2, -0.15) is 0 Å². The zero-order valence-corrected chi connectivity index (χ0v) is 12.7. The van der Waals surface area contributed by atoms with Gasteiger partial charge in [0.1, 0.15) is 5.82 Å². The van der Waals surface area contributed by atoms with E-state index < -0.39 is 5.82 Å². The van der Waals surface area contributed by atoms with Gasteiger partial charge in [-0.1, -0.05) is 35.9 Å². The van der Waals surface area contributed by atoms with Crippen LogP contribution in [0.15, 0.2) is 42.5 Å². The Morgan fingerprint density at radius 3 is 2.27 bits per heavy atom. The smallest absolute Gasteiger partial charge is 0.224 e. The van der Waals surface area contributed by atoms with E-state index in [1.165, 1.54) is 6.07 Å². The second-order valence-electron chi connectivity index (χ2n) is 5.32. The number of Topliss-reactive ketones (excluding diaryl/α,β-unsaturated/α-hetero) is 1. The van der Waals surface area contributed by atoms with Crippen molar-refractivity contribution < 1.29 is 14.0 Å². The molecule has 3 nitrogen and oxygen atoms in total. The van der Waals surface area contributed by atoms with Crippen molar-refractivity contribution in [1.29, 1.82) is 0 Å². The standard InChI is InChI=1S/C18H18FNO2/c1-12-3-6-14(7-4-12)17(21)9-10-18(22)20-16-11-13(2)5-8-15(16)19/h3-8,11H,9-10H2,1-2H3,(H,20,22). The number of hydrogen-bond donors (Lipinski definition) is 1. The number of anilines is 1. The van der Waals surface area contributed by atoms with E-state index in [0.29, 0.717) is 5.56 Å². The molecule has 0 aromatic heterocycles. The van der Waals surface area contributed by atoms with Gasteiger partial charge in [0.2, 0.25) is 5.91 Å². The Balaban J connectivity index is 1.91. The largest absolute Gasteiger partial charge is 0.324 e. The van der Waals surface area contributed by atoms with Crippen LogP contribution in [-0.4, -0.2) is 11.7 Å². The van der Waals surface area contributed by atoms with Crippen LogP contribution < -0.4 is 5.32 Å². The molecule has 0 fully saturated rings. The monoisotopic (exact) mass is 299 g/mol. The lowest BCUT2D eigenvalue weighted by Crippen LogP contribution is -2.14. The zero-order chi connectivity index (χ0) is 16.1. The van der Waals surface area contributed by atoms with Crippen LogP contribution in [0.4, 0.5) is 10.1 Å². The van der Waals surface area contributed by atoms with Crippen molar-refractivity contribution in [2.45, 2.75) is 26.7 Å². The van der Waals surface area contributed by atoms with E-state index in [9.17, 15) is 14.0 Å². The van der Waals surface area contributed by atoms with Crippen LogP contribution in [0.1, 0.15) is 34.3 Å². The van der Waals surface area contributed by atoms with Crippen LogP contribution >= 0.6 is 0 Å². The zero-order valence-electron chi connectivity index (χ0n) is 12.7. The fourth-order valence-corrected chi connectivity index (χ4v) is 2.06. The predicted octanol–water partition coefficient (Wildman–Crippen LogP) is 4.04. The van der Waals surface area contributed by atoms with E-state index in [1.54, 1.807) is 24.3 Å². The van der Waals surface area contributed by atoms with Crippen molar-refractivity contribution in [3.05, 3.63) is 65.0 Å². The summed E-state index contributed by atoms with van der Waals surface area (Å²) >= 11 is 0. The van der Waals surface area contributed by atoms with Crippen molar-refractivity contribution in [2.75, 3.05) is 5.32 Å². The van der Waals surface area contributed by atoms with Crippen LogP contribution in [0.3, 0.4) is 0 Å². The van der Waals surface area contributed by atoms with Crippen molar-refractivity contribution in [3.8, 4) is 0 Å². The van der Waals surface area contributed by atoms with Gasteiger partial charge in [0.05, 0.1) is 5.69 Å². The average molecular weight is 299 g/mol. The van der Waals surface area contributed by atoms with E-state index in [0.717, 1.165) is 11.1 Å². The summed E-state index contributed by atoms with van der Waals surface area (Å²) < 4.78 is 13.5. The number of benzene rings is 2. The number of nitrogens with one attached hydrogen (secondary N) is 1. The number of carbonyl (C=O) groups is 2. The lowest BCUT2D eigenvalue weighted by molar-refractivity contribution is -0.116. The Hall–Kier alpha value is -2.49. The fraction of sp³-hybridized carbons (Fsp3) is 0.222. The molecule has 2 aromatic rings. The molecule has 1 N–H and O–H groups in total. The normalized spacial score (nSPS) is 10.3. The van der Waals surface area contributed by atoms with Gasteiger partial charge < -0.3 is 5.32 Å². The quantitative estimate of drug-likeness (QED) is 0.847. The number of hydrogen-bond acceptors (Lipinski definition) is 2. The van der Waals surface area contributed by atoms with Crippen LogP contribution in [0.25, 0.3) is 0 Å². The maximum Gasteiger partial charge on any atom is 0.224 e. The van der Waals surface area contributed by atoms with Gasteiger partial charge in [-0.05, 0) is 31.5 Å². The summed E-state index contributed by atoms with van der Waals surface area (Å²) in [7, 11) is 0. The van der Waals surface area contributed by atoms with Gasteiger partial charge in [0.25, 0.3) is 0 Å². The van der Waals surface area contributed by atoms with Gasteiger partial charge in [-0.25, -0.2) is 4.39 Å². The van der Waals surface area contributed by atoms with Crippen molar-refractivity contribution >= 4 is 17.4 Å². The molecule has 0 saturated heterocycles. The van der Waals surface area contributed by atoms with E-state index in [-0.39, 0.29) is 30.2 Å².